The van der Waals surface area contributed by atoms with E-state index in [1.165, 1.54) is 0 Å². The number of carbonyl (C=O) groups is 1. The van der Waals surface area contributed by atoms with Crippen molar-refractivity contribution in [3.05, 3.63) is 22.2 Å². The first kappa shape index (κ1) is 15.0. The molecular weight excluding hydrogens is 308 g/mol. The average molecular weight is 318 g/mol. The van der Waals surface area contributed by atoms with E-state index in [0.29, 0.717) is 0 Å². The van der Waals surface area contributed by atoms with Crippen LogP contribution < -0.4 is 14.2 Å². The summed E-state index contributed by atoms with van der Waals surface area (Å²) in [5.41, 5.74) is -0.725. The van der Waals surface area contributed by atoms with Gasteiger partial charge in [-0.2, -0.15) is 4.72 Å². The van der Waals surface area contributed by atoms with Gasteiger partial charge in [0.15, 0.2) is 16.4 Å². The number of hydrogen-bond acceptors (Lipinski definition) is 7. The number of fused-ring (bicyclic) bond motifs is 1. The van der Waals surface area contributed by atoms with Gasteiger partial charge in [-0.15, -0.1) is 0 Å². The molecule has 1 heterocycles. The Bertz CT molecular complexity index is 699. The van der Waals surface area contributed by atoms with Crippen LogP contribution in [0, 0.1) is 10.1 Å². The Hall–Kier alpha value is -2.40. The van der Waals surface area contributed by atoms with Crippen molar-refractivity contribution in [2.75, 3.05) is 19.8 Å². The molecule has 10 nitrogen and oxygen atoms in total. The summed E-state index contributed by atoms with van der Waals surface area (Å²) in [6, 6.07) is 1.88. The quantitative estimate of drug-likeness (QED) is 0.557. The molecule has 0 aliphatic carbocycles. The highest BCUT2D eigenvalue weighted by Gasteiger charge is 2.30. The van der Waals surface area contributed by atoms with Gasteiger partial charge in [0.25, 0.3) is 5.69 Å². The van der Waals surface area contributed by atoms with Gasteiger partial charge in [0.2, 0.25) is 10.0 Å². The van der Waals surface area contributed by atoms with Gasteiger partial charge in [0.05, 0.1) is 11.0 Å². The lowest BCUT2D eigenvalue weighted by molar-refractivity contribution is -0.388. The summed E-state index contributed by atoms with van der Waals surface area (Å²) in [7, 11) is -4.37. The highest BCUT2D eigenvalue weighted by atomic mass is 32.2. The second-order valence-corrected chi connectivity index (χ2v) is 5.67. The number of nitro groups is 1. The molecule has 0 amide bonds. The molecule has 0 fully saturated rings. The van der Waals surface area contributed by atoms with Crippen LogP contribution in [0.5, 0.6) is 11.5 Å². The van der Waals surface area contributed by atoms with Crippen molar-refractivity contribution in [3.8, 4) is 11.5 Å². The van der Waals surface area contributed by atoms with Gasteiger partial charge in [-0.3, -0.25) is 14.9 Å². The topological polar surface area (TPSA) is 145 Å². The molecule has 0 bridgehead atoms. The predicted molar refractivity (Wildman–Crippen MR) is 66.9 cm³/mol. The molecule has 0 saturated heterocycles. The molecule has 114 valence electrons. The van der Waals surface area contributed by atoms with E-state index in [1.54, 1.807) is 4.72 Å². The van der Waals surface area contributed by atoms with E-state index in [0.717, 1.165) is 12.1 Å². The third-order valence-corrected chi connectivity index (χ3v) is 3.95. The number of aliphatic carboxylic acids is 1. The van der Waals surface area contributed by atoms with Gasteiger partial charge >= 0.3 is 5.97 Å². The monoisotopic (exact) mass is 318 g/mol. The number of nitrogens with one attached hydrogen (secondary N) is 1. The molecular formula is C10H10N2O8S. The van der Waals surface area contributed by atoms with Crippen molar-refractivity contribution >= 4 is 21.7 Å². The molecule has 0 radical (unpaired) electrons. The second kappa shape index (κ2) is 5.54. The maximum Gasteiger partial charge on any atom is 0.318 e. The summed E-state index contributed by atoms with van der Waals surface area (Å²) in [6.07, 6.45) is 0. The molecule has 0 atom stereocenters. The van der Waals surface area contributed by atoms with Gasteiger partial charge in [-0.25, -0.2) is 8.42 Å². The van der Waals surface area contributed by atoms with E-state index in [-0.39, 0.29) is 24.7 Å². The Balaban J connectivity index is 2.50. The van der Waals surface area contributed by atoms with E-state index < -0.39 is 38.0 Å². The predicted octanol–water partition coefficient (Wildman–Crippen LogP) is -0.271. The van der Waals surface area contributed by atoms with Crippen molar-refractivity contribution in [1.82, 2.24) is 4.72 Å². The minimum atomic E-state index is -4.37. The van der Waals surface area contributed by atoms with Crippen LogP contribution in [0.2, 0.25) is 0 Å². The fraction of sp³-hybridized carbons (Fsp3) is 0.300. The summed E-state index contributed by atoms with van der Waals surface area (Å²) >= 11 is 0. The SMILES string of the molecule is O=C(O)CNS(=O)(=O)c1cc2c(cc1[N+](=O)[O-])OCCO2. The van der Waals surface area contributed by atoms with Crippen LogP contribution in [0.25, 0.3) is 0 Å². The Morgan fingerprint density at radius 1 is 1.33 bits per heavy atom. The maximum absolute atomic E-state index is 12.0. The van der Waals surface area contributed by atoms with Crippen molar-refractivity contribution in [1.29, 1.82) is 0 Å². The van der Waals surface area contributed by atoms with Gasteiger partial charge < -0.3 is 14.6 Å². The highest BCUT2D eigenvalue weighted by Crippen LogP contribution is 2.38. The number of hydrogen-bond donors (Lipinski definition) is 2. The Morgan fingerprint density at radius 3 is 2.43 bits per heavy atom. The maximum atomic E-state index is 12.0. The van der Waals surface area contributed by atoms with Gasteiger partial charge in [0.1, 0.15) is 19.8 Å². The molecule has 1 aliphatic rings. The van der Waals surface area contributed by atoms with E-state index >= 15 is 0 Å². The van der Waals surface area contributed by atoms with Crippen LogP contribution in [-0.2, 0) is 14.8 Å². The molecule has 1 aromatic carbocycles. The standard InChI is InChI=1S/C10H10N2O8S/c13-10(14)5-11-21(17,18)9-4-8-7(19-1-2-20-8)3-6(9)12(15)16/h3-4,11H,1-2,5H2,(H,13,14). The number of nitrogens with zero attached hydrogens (tertiary/aromatic N) is 1. The lowest BCUT2D eigenvalue weighted by atomic mass is 10.2. The van der Waals surface area contributed by atoms with Crippen LogP contribution in [0.1, 0.15) is 0 Å². The van der Waals surface area contributed by atoms with E-state index in [9.17, 15) is 23.3 Å². The Labute approximate surface area is 118 Å². The first-order valence-electron chi connectivity index (χ1n) is 5.61. The first-order valence-corrected chi connectivity index (χ1v) is 7.09. The smallest absolute Gasteiger partial charge is 0.318 e. The largest absolute Gasteiger partial charge is 0.486 e. The zero-order chi connectivity index (χ0) is 15.6. The molecule has 0 saturated carbocycles. The summed E-state index contributed by atoms with van der Waals surface area (Å²) in [4.78, 5) is 19.8. The fourth-order valence-corrected chi connectivity index (χ4v) is 2.79. The molecule has 11 heteroatoms. The molecule has 1 aliphatic heterocycles. The number of rotatable bonds is 5. The van der Waals surface area contributed by atoms with E-state index in [2.05, 4.69) is 0 Å². The number of ether oxygens (including phenoxy) is 2. The Morgan fingerprint density at radius 2 is 1.90 bits per heavy atom. The van der Waals surface area contributed by atoms with Crippen LogP contribution in [0.15, 0.2) is 17.0 Å². The molecule has 2 N–H and O–H groups in total. The van der Waals surface area contributed by atoms with Gasteiger partial charge in [0, 0.05) is 6.07 Å². The molecule has 0 aromatic heterocycles. The number of carboxylic acids is 1. The summed E-state index contributed by atoms with van der Waals surface area (Å²) in [6.45, 7) is -0.533. The van der Waals surface area contributed by atoms with Crippen molar-refractivity contribution in [3.63, 3.8) is 0 Å². The summed E-state index contributed by atoms with van der Waals surface area (Å²) < 4.78 is 36.0. The minimum absolute atomic E-state index is 0.0440. The van der Waals surface area contributed by atoms with E-state index in [4.69, 9.17) is 14.6 Å². The summed E-state index contributed by atoms with van der Waals surface area (Å²) in [5.74, 6) is -1.31. The molecule has 1 aromatic rings. The Kier molecular flexibility index (Phi) is 3.95. The fourth-order valence-electron chi connectivity index (χ4n) is 1.65. The zero-order valence-electron chi connectivity index (χ0n) is 10.4. The number of nitro benzene ring substituents is 1. The molecule has 0 unspecified atom stereocenters. The lowest BCUT2D eigenvalue weighted by Crippen LogP contribution is -2.30. The van der Waals surface area contributed by atoms with Crippen molar-refractivity contribution in [2.24, 2.45) is 0 Å². The van der Waals surface area contributed by atoms with Crippen LogP contribution in [0.3, 0.4) is 0 Å². The zero-order valence-corrected chi connectivity index (χ0v) is 11.3. The van der Waals surface area contributed by atoms with Gasteiger partial charge in [-0.05, 0) is 0 Å². The van der Waals surface area contributed by atoms with Gasteiger partial charge in [-0.1, -0.05) is 0 Å². The normalized spacial score (nSPS) is 13.7. The number of sulfonamides is 1. The van der Waals surface area contributed by atoms with E-state index in [1.807, 2.05) is 0 Å². The average Bonchev–Trinajstić information content (AvgIpc) is 2.43. The number of carboxylic acid groups (broad SMARTS) is 1. The van der Waals surface area contributed by atoms with Crippen LogP contribution in [0.4, 0.5) is 5.69 Å². The molecule has 21 heavy (non-hydrogen) atoms. The molecule has 2 rings (SSSR count). The third kappa shape index (κ3) is 3.20. The third-order valence-electron chi connectivity index (χ3n) is 2.52. The molecule has 0 spiro atoms. The van der Waals surface area contributed by atoms with Crippen LogP contribution in [-0.4, -0.2) is 44.2 Å². The lowest BCUT2D eigenvalue weighted by Gasteiger charge is -2.19. The number of benzene rings is 1. The summed E-state index contributed by atoms with van der Waals surface area (Å²) in [5, 5.41) is 19.5. The van der Waals surface area contributed by atoms with Crippen molar-refractivity contribution < 1.29 is 32.7 Å². The van der Waals surface area contributed by atoms with Crippen molar-refractivity contribution in [2.45, 2.75) is 4.90 Å². The minimum Gasteiger partial charge on any atom is -0.486 e. The van der Waals surface area contributed by atoms with Crippen LogP contribution >= 0.6 is 0 Å². The second-order valence-electron chi connectivity index (χ2n) is 3.94. The highest BCUT2D eigenvalue weighted by molar-refractivity contribution is 7.89. The first-order chi connectivity index (χ1) is 9.81.